The highest BCUT2D eigenvalue weighted by atomic mass is 32.2. The Bertz CT molecular complexity index is 787. The number of rotatable bonds is 4. The predicted molar refractivity (Wildman–Crippen MR) is 79.5 cm³/mol. The Labute approximate surface area is 125 Å². The van der Waals surface area contributed by atoms with Crippen molar-refractivity contribution >= 4 is 32.9 Å². The fraction of sp³-hybridized carbons (Fsp3) is 0. The Hall–Kier alpha value is -2.06. The molecule has 0 saturated heterocycles. The fourth-order valence-corrected chi connectivity index (χ4v) is 3.23. The third-order valence-electron chi connectivity index (χ3n) is 2.64. The first-order chi connectivity index (χ1) is 9.83. The van der Waals surface area contributed by atoms with Crippen LogP contribution in [0.25, 0.3) is 0 Å². The highest BCUT2D eigenvalue weighted by molar-refractivity contribution is 7.93. The van der Waals surface area contributed by atoms with Crippen LogP contribution in [0.4, 0.5) is 14.5 Å². The van der Waals surface area contributed by atoms with E-state index < -0.39 is 27.3 Å². The number of nitrogens with one attached hydrogen (secondary N) is 1. The highest BCUT2D eigenvalue weighted by Crippen LogP contribution is 2.24. The van der Waals surface area contributed by atoms with Gasteiger partial charge in [0.1, 0.15) is 22.3 Å². The first kappa shape index (κ1) is 15.3. The molecule has 0 aliphatic rings. The molecule has 2 aromatic carbocycles. The molecule has 0 saturated carbocycles. The van der Waals surface area contributed by atoms with Crippen LogP contribution < -0.4 is 10.5 Å². The van der Waals surface area contributed by atoms with Gasteiger partial charge in [-0.2, -0.15) is 0 Å². The Morgan fingerprint density at radius 1 is 1.05 bits per heavy atom. The van der Waals surface area contributed by atoms with Crippen molar-refractivity contribution in [3.05, 3.63) is 59.7 Å². The minimum absolute atomic E-state index is 0.0942. The Morgan fingerprint density at radius 2 is 1.62 bits per heavy atom. The molecular weight excluding hydrogens is 318 g/mol. The molecule has 0 aromatic heterocycles. The molecule has 8 heteroatoms. The number of hydrogen-bond acceptors (Lipinski definition) is 3. The van der Waals surface area contributed by atoms with Gasteiger partial charge in [0.2, 0.25) is 0 Å². The summed E-state index contributed by atoms with van der Waals surface area (Å²) in [6.07, 6.45) is 0. The van der Waals surface area contributed by atoms with Crippen LogP contribution in [-0.4, -0.2) is 13.4 Å². The second-order valence-electron chi connectivity index (χ2n) is 4.06. The predicted octanol–water partition coefficient (Wildman–Crippen LogP) is 2.40. The average Bonchev–Trinajstić information content (AvgIpc) is 2.43. The lowest BCUT2D eigenvalue weighted by molar-refractivity contribution is 0.583. The zero-order chi connectivity index (χ0) is 15.6. The zero-order valence-corrected chi connectivity index (χ0v) is 12.1. The fourth-order valence-electron chi connectivity index (χ4n) is 1.69. The van der Waals surface area contributed by atoms with Crippen molar-refractivity contribution in [3.63, 3.8) is 0 Å². The van der Waals surface area contributed by atoms with Gasteiger partial charge in [0.25, 0.3) is 10.0 Å². The van der Waals surface area contributed by atoms with Gasteiger partial charge in [-0.1, -0.05) is 36.5 Å². The number of anilines is 1. The second-order valence-corrected chi connectivity index (χ2v) is 6.15. The van der Waals surface area contributed by atoms with E-state index >= 15 is 0 Å². The summed E-state index contributed by atoms with van der Waals surface area (Å²) in [7, 11) is -4.23. The molecule has 0 heterocycles. The van der Waals surface area contributed by atoms with Gasteiger partial charge in [0.15, 0.2) is 0 Å². The second kappa shape index (κ2) is 5.74. The minimum atomic E-state index is -4.23. The molecule has 0 atom stereocenters. The number of hydrogen-bond donors (Lipinski definition) is 2. The summed E-state index contributed by atoms with van der Waals surface area (Å²) in [5.41, 5.74) is 4.80. The van der Waals surface area contributed by atoms with Crippen LogP contribution >= 0.6 is 12.2 Å². The molecule has 110 valence electrons. The standard InChI is InChI=1S/C13H10F2N2O2S2/c14-9-5-3-6-10(15)12(9)17-21(18,19)11-7-2-1-4-8(11)13(16)20/h1-7,17H,(H2,16,20). The van der Waals surface area contributed by atoms with Crippen LogP contribution in [0, 0.1) is 11.6 Å². The van der Waals surface area contributed by atoms with Gasteiger partial charge in [-0.05, 0) is 18.2 Å². The SMILES string of the molecule is NC(=S)c1ccccc1S(=O)(=O)Nc1c(F)cccc1F. The largest absolute Gasteiger partial charge is 0.389 e. The summed E-state index contributed by atoms with van der Waals surface area (Å²) in [6, 6.07) is 8.68. The highest BCUT2D eigenvalue weighted by Gasteiger charge is 2.22. The Balaban J connectivity index is 2.52. The quantitative estimate of drug-likeness (QED) is 0.846. The summed E-state index contributed by atoms with van der Waals surface area (Å²) >= 11 is 4.77. The molecule has 2 rings (SSSR count). The van der Waals surface area contributed by atoms with Crippen molar-refractivity contribution in [3.8, 4) is 0 Å². The number of nitrogens with two attached hydrogens (primary N) is 1. The van der Waals surface area contributed by atoms with Crippen molar-refractivity contribution in [2.75, 3.05) is 4.72 Å². The van der Waals surface area contributed by atoms with Gasteiger partial charge < -0.3 is 5.73 Å². The average molecular weight is 328 g/mol. The first-order valence-corrected chi connectivity index (χ1v) is 7.58. The maximum absolute atomic E-state index is 13.5. The molecule has 0 radical (unpaired) electrons. The molecule has 0 aliphatic carbocycles. The van der Waals surface area contributed by atoms with Gasteiger partial charge in [0.05, 0.1) is 4.90 Å². The van der Waals surface area contributed by atoms with Crippen LogP contribution in [0.1, 0.15) is 5.56 Å². The molecule has 0 spiro atoms. The van der Waals surface area contributed by atoms with Crippen molar-refractivity contribution in [2.24, 2.45) is 5.73 Å². The van der Waals surface area contributed by atoms with Crippen molar-refractivity contribution < 1.29 is 17.2 Å². The van der Waals surface area contributed by atoms with E-state index in [-0.39, 0.29) is 15.4 Å². The Morgan fingerprint density at radius 3 is 2.19 bits per heavy atom. The molecule has 2 aromatic rings. The van der Waals surface area contributed by atoms with Crippen LogP contribution in [0.3, 0.4) is 0 Å². The summed E-state index contributed by atoms with van der Waals surface area (Å²) in [5, 5.41) is 0. The van der Waals surface area contributed by atoms with E-state index in [2.05, 4.69) is 0 Å². The van der Waals surface area contributed by atoms with Gasteiger partial charge >= 0.3 is 0 Å². The van der Waals surface area contributed by atoms with Crippen LogP contribution in [0.15, 0.2) is 47.4 Å². The summed E-state index contributed by atoms with van der Waals surface area (Å²) < 4.78 is 53.5. The molecule has 3 N–H and O–H groups in total. The van der Waals surface area contributed by atoms with Crippen LogP contribution in [-0.2, 0) is 10.0 Å². The molecule has 0 unspecified atom stereocenters. The van der Waals surface area contributed by atoms with E-state index in [4.69, 9.17) is 18.0 Å². The lowest BCUT2D eigenvalue weighted by Crippen LogP contribution is -2.20. The number of sulfonamides is 1. The smallest absolute Gasteiger partial charge is 0.262 e. The molecular formula is C13H10F2N2O2S2. The maximum Gasteiger partial charge on any atom is 0.262 e. The van der Waals surface area contributed by atoms with E-state index in [1.54, 1.807) is 6.07 Å². The van der Waals surface area contributed by atoms with E-state index in [1.165, 1.54) is 18.2 Å². The van der Waals surface area contributed by atoms with Crippen LogP contribution in [0.2, 0.25) is 0 Å². The molecule has 0 aliphatic heterocycles. The number of para-hydroxylation sites is 1. The topological polar surface area (TPSA) is 72.2 Å². The third kappa shape index (κ3) is 3.17. The molecule has 4 nitrogen and oxygen atoms in total. The molecule has 0 fully saturated rings. The number of benzene rings is 2. The minimum Gasteiger partial charge on any atom is -0.389 e. The first-order valence-electron chi connectivity index (χ1n) is 5.68. The van der Waals surface area contributed by atoms with Gasteiger partial charge in [0, 0.05) is 5.56 Å². The zero-order valence-electron chi connectivity index (χ0n) is 10.5. The summed E-state index contributed by atoms with van der Waals surface area (Å²) in [6.45, 7) is 0. The lowest BCUT2D eigenvalue weighted by atomic mass is 10.2. The van der Waals surface area contributed by atoms with E-state index in [9.17, 15) is 17.2 Å². The molecule has 0 amide bonds. The van der Waals surface area contributed by atoms with E-state index in [0.29, 0.717) is 0 Å². The van der Waals surface area contributed by atoms with Crippen molar-refractivity contribution in [1.82, 2.24) is 0 Å². The van der Waals surface area contributed by atoms with Gasteiger partial charge in [-0.25, -0.2) is 17.2 Å². The molecule has 0 bridgehead atoms. The number of thiocarbonyl (C=S) groups is 1. The maximum atomic E-state index is 13.5. The van der Waals surface area contributed by atoms with Crippen LogP contribution in [0.5, 0.6) is 0 Å². The lowest BCUT2D eigenvalue weighted by Gasteiger charge is -2.12. The monoisotopic (exact) mass is 328 g/mol. The van der Waals surface area contributed by atoms with E-state index in [0.717, 1.165) is 18.2 Å². The van der Waals surface area contributed by atoms with Crippen molar-refractivity contribution in [2.45, 2.75) is 4.90 Å². The molecule has 21 heavy (non-hydrogen) atoms. The summed E-state index contributed by atoms with van der Waals surface area (Å²) in [5.74, 6) is -2.04. The third-order valence-corrected chi connectivity index (χ3v) is 4.27. The summed E-state index contributed by atoms with van der Waals surface area (Å²) in [4.78, 5) is -0.384. The number of halogens is 2. The normalized spacial score (nSPS) is 11.1. The van der Waals surface area contributed by atoms with Crippen molar-refractivity contribution in [1.29, 1.82) is 0 Å². The Kier molecular flexibility index (Phi) is 4.19. The van der Waals surface area contributed by atoms with E-state index in [1.807, 2.05) is 4.72 Å². The van der Waals surface area contributed by atoms with Gasteiger partial charge in [-0.15, -0.1) is 0 Å². The van der Waals surface area contributed by atoms with Gasteiger partial charge in [-0.3, -0.25) is 4.72 Å².